The zero-order valence-corrected chi connectivity index (χ0v) is 13.6. The van der Waals surface area contributed by atoms with E-state index in [1.807, 2.05) is 24.3 Å². The predicted octanol–water partition coefficient (Wildman–Crippen LogP) is 1.29. The molecule has 6 nitrogen and oxygen atoms in total. The van der Waals surface area contributed by atoms with Crippen molar-refractivity contribution in [3.05, 3.63) is 29.8 Å². The van der Waals surface area contributed by atoms with E-state index in [-0.39, 0.29) is 18.5 Å². The van der Waals surface area contributed by atoms with Crippen LogP contribution in [0.2, 0.25) is 0 Å². The zero-order chi connectivity index (χ0) is 16.8. The van der Waals surface area contributed by atoms with Crippen LogP contribution < -0.4 is 10.1 Å². The fraction of sp³-hybridized carbons (Fsp3) is 0.529. The molecule has 1 saturated carbocycles. The third-order valence-corrected chi connectivity index (χ3v) is 4.11. The van der Waals surface area contributed by atoms with Gasteiger partial charge in [0.05, 0.1) is 13.7 Å². The minimum absolute atomic E-state index is 0.129. The molecule has 0 aromatic heterocycles. The number of carboxylic acid groups (broad SMARTS) is 1. The van der Waals surface area contributed by atoms with Crippen molar-refractivity contribution in [3.63, 3.8) is 0 Å². The molecule has 0 radical (unpaired) electrons. The van der Waals surface area contributed by atoms with Crippen LogP contribution >= 0.6 is 0 Å². The van der Waals surface area contributed by atoms with Gasteiger partial charge in [-0.25, -0.2) is 0 Å². The van der Waals surface area contributed by atoms with Crippen LogP contribution in [0.1, 0.15) is 25.3 Å². The average Bonchev–Trinajstić information content (AvgIpc) is 3.37. The maximum Gasteiger partial charge on any atom is 0.320 e. The standard InChI is InChI=1S/C17H24N2O4/c1-12(17(21)22)19(14-7-8-14)11-16(20)18-10-9-13-5-3-4-6-15(13)23-2/h3-6,12,14H,7-11H2,1-2H3,(H,18,20)(H,21,22). The summed E-state index contributed by atoms with van der Waals surface area (Å²) in [6.45, 7) is 2.26. The predicted molar refractivity (Wildman–Crippen MR) is 86.5 cm³/mol. The molecule has 6 heteroatoms. The number of hydrogen-bond donors (Lipinski definition) is 2. The van der Waals surface area contributed by atoms with Gasteiger partial charge >= 0.3 is 5.97 Å². The summed E-state index contributed by atoms with van der Waals surface area (Å²) in [5.41, 5.74) is 1.04. The molecule has 1 aliphatic carbocycles. The fourth-order valence-corrected chi connectivity index (χ4v) is 2.60. The van der Waals surface area contributed by atoms with Gasteiger partial charge in [0.15, 0.2) is 0 Å². The second-order valence-electron chi connectivity index (χ2n) is 5.83. The maximum atomic E-state index is 12.1. The summed E-state index contributed by atoms with van der Waals surface area (Å²) in [6, 6.07) is 7.28. The molecule has 2 N–H and O–H groups in total. The van der Waals surface area contributed by atoms with Crippen LogP contribution in [-0.4, -0.2) is 54.2 Å². The number of aliphatic carboxylic acids is 1. The number of ether oxygens (including phenoxy) is 1. The van der Waals surface area contributed by atoms with Crippen LogP contribution in [0.4, 0.5) is 0 Å². The lowest BCUT2D eigenvalue weighted by atomic mass is 10.1. The number of nitrogens with one attached hydrogen (secondary N) is 1. The molecule has 2 rings (SSSR count). The average molecular weight is 320 g/mol. The van der Waals surface area contributed by atoms with Gasteiger partial charge in [0.25, 0.3) is 0 Å². The molecular formula is C17H24N2O4. The summed E-state index contributed by atoms with van der Waals surface area (Å²) in [5, 5.41) is 12.0. The van der Waals surface area contributed by atoms with E-state index < -0.39 is 12.0 Å². The van der Waals surface area contributed by atoms with Gasteiger partial charge in [-0.3, -0.25) is 14.5 Å². The molecular weight excluding hydrogens is 296 g/mol. The SMILES string of the molecule is COc1ccccc1CCNC(=O)CN(C1CC1)C(C)C(=O)O. The van der Waals surface area contributed by atoms with Crippen molar-refractivity contribution >= 4 is 11.9 Å². The number of nitrogens with zero attached hydrogens (tertiary/aromatic N) is 1. The maximum absolute atomic E-state index is 12.1. The zero-order valence-electron chi connectivity index (χ0n) is 13.6. The highest BCUT2D eigenvalue weighted by Crippen LogP contribution is 2.28. The van der Waals surface area contributed by atoms with E-state index in [0.29, 0.717) is 13.0 Å². The second-order valence-corrected chi connectivity index (χ2v) is 5.83. The quantitative estimate of drug-likeness (QED) is 0.717. The minimum Gasteiger partial charge on any atom is -0.496 e. The van der Waals surface area contributed by atoms with E-state index in [1.54, 1.807) is 18.9 Å². The first-order chi connectivity index (χ1) is 11.0. The molecule has 1 aromatic rings. The lowest BCUT2D eigenvalue weighted by Gasteiger charge is -2.25. The summed E-state index contributed by atoms with van der Waals surface area (Å²) in [7, 11) is 1.62. The van der Waals surface area contributed by atoms with E-state index in [1.165, 1.54) is 0 Å². The topological polar surface area (TPSA) is 78.9 Å². The Hall–Kier alpha value is -2.08. The molecule has 1 aliphatic rings. The lowest BCUT2D eigenvalue weighted by molar-refractivity contribution is -0.143. The van der Waals surface area contributed by atoms with E-state index >= 15 is 0 Å². The summed E-state index contributed by atoms with van der Waals surface area (Å²) in [5.74, 6) is -0.223. The number of carbonyl (C=O) groups is 2. The van der Waals surface area contributed by atoms with Gasteiger partial charge < -0.3 is 15.2 Å². The van der Waals surface area contributed by atoms with Crippen molar-refractivity contribution in [1.29, 1.82) is 0 Å². The van der Waals surface area contributed by atoms with Gasteiger partial charge in [-0.2, -0.15) is 0 Å². The molecule has 0 spiro atoms. The summed E-state index contributed by atoms with van der Waals surface area (Å²) >= 11 is 0. The van der Waals surface area contributed by atoms with E-state index in [2.05, 4.69) is 5.32 Å². The van der Waals surface area contributed by atoms with Crippen molar-refractivity contribution in [2.75, 3.05) is 20.2 Å². The van der Waals surface area contributed by atoms with E-state index in [9.17, 15) is 9.59 Å². The molecule has 0 aliphatic heterocycles. The molecule has 1 atom stereocenters. The largest absolute Gasteiger partial charge is 0.496 e. The van der Waals surface area contributed by atoms with Crippen LogP contribution in [0.3, 0.4) is 0 Å². The van der Waals surface area contributed by atoms with Crippen molar-refractivity contribution in [3.8, 4) is 5.75 Å². The first-order valence-corrected chi connectivity index (χ1v) is 7.90. The van der Waals surface area contributed by atoms with Gasteiger partial charge in [0.1, 0.15) is 11.8 Å². The second kappa shape index (κ2) is 7.97. The Labute approximate surface area is 136 Å². The highest BCUT2D eigenvalue weighted by atomic mass is 16.5. The molecule has 1 amide bonds. The minimum atomic E-state index is -0.890. The number of rotatable bonds is 9. The third kappa shape index (κ3) is 4.96. The first-order valence-electron chi connectivity index (χ1n) is 7.90. The van der Waals surface area contributed by atoms with Crippen molar-refractivity contribution in [2.45, 2.75) is 38.3 Å². The summed E-state index contributed by atoms with van der Waals surface area (Å²) in [6.07, 6.45) is 2.60. The number of benzene rings is 1. The van der Waals surface area contributed by atoms with Gasteiger partial charge in [-0.1, -0.05) is 18.2 Å². The van der Waals surface area contributed by atoms with Crippen LogP contribution in [0.25, 0.3) is 0 Å². The molecule has 1 fully saturated rings. The molecule has 1 unspecified atom stereocenters. The number of para-hydroxylation sites is 1. The monoisotopic (exact) mass is 320 g/mol. The first kappa shape index (κ1) is 17.3. The molecule has 0 bridgehead atoms. The normalized spacial score (nSPS) is 15.3. The van der Waals surface area contributed by atoms with Gasteiger partial charge in [-0.05, 0) is 37.8 Å². The number of amides is 1. The molecule has 0 saturated heterocycles. The summed E-state index contributed by atoms with van der Waals surface area (Å²) in [4.78, 5) is 25.0. The number of carboxylic acids is 1. The van der Waals surface area contributed by atoms with Gasteiger partial charge in [0.2, 0.25) is 5.91 Å². The van der Waals surface area contributed by atoms with Crippen molar-refractivity contribution < 1.29 is 19.4 Å². The Balaban J connectivity index is 1.81. The highest BCUT2D eigenvalue weighted by molar-refractivity contribution is 5.80. The molecule has 23 heavy (non-hydrogen) atoms. The van der Waals surface area contributed by atoms with E-state index in [0.717, 1.165) is 24.2 Å². The van der Waals surface area contributed by atoms with Crippen molar-refractivity contribution in [2.24, 2.45) is 0 Å². The number of hydrogen-bond acceptors (Lipinski definition) is 4. The summed E-state index contributed by atoms with van der Waals surface area (Å²) < 4.78 is 5.28. The van der Waals surface area contributed by atoms with Crippen molar-refractivity contribution in [1.82, 2.24) is 10.2 Å². The lowest BCUT2D eigenvalue weighted by Crippen LogP contribution is -2.46. The Morgan fingerprint density at radius 3 is 2.70 bits per heavy atom. The van der Waals surface area contributed by atoms with Gasteiger partial charge in [-0.15, -0.1) is 0 Å². The molecule has 1 aromatic carbocycles. The number of carbonyl (C=O) groups excluding carboxylic acids is 1. The van der Waals surface area contributed by atoms with Crippen LogP contribution in [0.15, 0.2) is 24.3 Å². The van der Waals surface area contributed by atoms with Gasteiger partial charge in [0, 0.05) is 12.6 Å². The van der Waals surface area contributed by atoms with Crippen LogP contribution in [-0.2, 0) is 16.0 Å². The Kier molecular flexibility index (Phi) is 5.98. The van der Waals surface area contributed by atoms with Crippen LogP contribution in [0, 0.1) is 0 Å². The number of methoxy groups -OCH3 is 1. The third-order valence-electron chi connectivity index (χ3n) is 4.11. The highest BCUT2D eigenvalue weighted by Gasteiger charge is 2.36. The Morgan fingerprint density at radius 2 is 2.09 bits per heavy atom. The Morgan fingerprint density at radius 1 is 1.39 bits per heavy atom. The molecule has 126 valence electrons. The Bertz CT molecular complexity index is 557. The molecule has 0 heterocycles. The van der Waals surface area contributed by atoms with Crippen LogP contribution in [0.5, 0.6) is 5.75 Å². The van der Waals surface area contributed by atoms with E-state index in [4.69, 9.17) is 9.84 Å². The smallest absolute Gasteiger partial charge is 0.320 e. The fourth-order valence-electron chi connectivity index (χ4n) is 2.60.